The zero-order valence-corrected chi connectivity index (χ0v) is 7.84. The zero-order chi connectivity index (χ0) is 11.3. The van der Waals surface area contributed by atoms with Crippen LogP contribution in [0.25, 0.3) is 0 Å². The lowest BCUT2D eigenvalue weighted by Gasteiger charge is -2.01. The van der Waals surface area contributed by atoms with Gasteiger partial charge >= 0.3 is 5.97 Å². The monoisotopic (exact) mass is 213 g/mol. The van der Waals surface area contributed by atoms with Crippen LogP contribution in [0.3, 0.4) is 0 Å². The highest BCUT2D eigenvalue weighted by Gasteiger charge is 2.06. The van der Waals surface area contributed by atoms with Gasteiger partial charge in [0.25, 0.3) is 5.91 Å². The Kier molecular flexibility index (Phi) is 3.77. The third-order valence-corrected chi connectivity index (χ3v) is 1.61. The number of aryl methyl sites for hydroxylation is 1. The molecule has 0 aromatic carbocycles. The third kappa shape index (κ3) is 3.37. The maximum absolute atomic E-state index is 10.9. The number of hydrogen-bond donors (Lipinski definition) is 3. The Bertz CT molecular complexity index is 361. The molecule has 1 amide bonds. The number of aromatic nitrogens is 2. The molecule has 0 bridgehead atoms. The first-order valence-corrected chi connectivity index (χ1v) is 4.12. The summed E-state index contributed by atoms with van der Waals surface area (Å²) < 4.78 is 1.41. The van der Waals surface area contributed by atoms with Gasteiger partial charge in [-0.15, -0.1) is 0 Å². The number of hydrazine groups is 1. The highest BCUT2D eigenvalue weighted by molar-refractivity contribution is 5.90. The van der Waals surface area contributed by atoms with Crippen molar-refractivity contribution in [1.29, 1.82) is 0 Å². The number of carbonyl (C=O) groups is 2. The Morgan fingerprint density at radius 1 is 1.60 bits per heavy atom. The second kappa shape index (κ2) is 5.08. The molecule has 0 unspecified atom stereocenters. The Balaban J connectivity index is 2.44. The molecule has 1 rings (SSSR count). The van der Waals surface area contributed by atoms with Crippen molar-refractivity contribution < 1.29 is 14.4 Å². The lowest BCUT2D eigenvalue weighted by Crippen LogP contribution is -2.26. The SMILES string of the molecule is NNOC(=O)CCn1ccc(C(N)=O)n1. The van der Waals surface area contributed by atoms with E-state index in [2.05, 4.69) is 9.94 Å². The number of amides is 1. The fourth-order valence-corrected chi connectivity index (χ4v) is 0.940. The van der Waals surface area contributed by atoms with Crippen molar-refractivity contribution in [2.24, 2.45) is 11.6 Å². The third-order valence-electron chi connectivity index (χ3n) is 1.61. The molecule has 0 atom stereocenters. The van der Waals surface area contributed by atoms with Crippen LogP contribution in [0, 0.1) is 0 Å². The van der Waals surface area contributed by atoms with Crippen molar-refractivity contribution in [3.8, 4) is 0 Å². The van der Waals surface area contributed by atoms with Crippen LogP contribution in [-0.4, -0.2) is 21.7 Å². The van der Waals surface area contributed by atoms with E-state index in [9.17, 15) is 9.59 Å². The van der Waals surface area contributed by atoms with Crippen LogP contribution in [0.4, 0.5) is 0 Å². The molecule has 0 aliphatic rings. The van der Waals surface area contributed by atoms with E-state index in [-0.39, 0.29) is 18.7 Å². The van der Waals surface area contributed by atoms with Crippen molar-refractivity contribution in [1.82, 2.24) is 15.4 Å². The molecular formula is C7H11N5O3. The summed E-state index contributed by atoms with van der Waals surface area (Å²) in [6.07, 6.45) is 1.63. The van der Waals surface area contributed by atoms with Gasteiger partial charge in [-0.3, -0.25) is 14.3 Å². The van der Waals surface area contributed by atoms with Gasteiger partial charge in [-0.25, -0.2) is 5.84 Å². The van der Waals surface area contributed by atoms with Gasteiger partial charge in [-0.2, -0.15) is 5.10 Å². The smallest absolute Gasteiger partial charge is 0.328 e. The van der Waals surface area contributed by atoms with Crippen molar-refractivity contribution in [2.45, 2.75) is 13.0 Å². The Hall–Kier alpha value is -1.93. The van der Waals surface area contributed by atoms with Crippen LogP contribution in [0.2, 0.25) is 0 Å². The van der Waals surface area contributed by atoms with Crippen molar-refractivity contribution in [2.75, 3.05) is 0 Å². The average Bonchev–Trinajstić information content (AvgIpc) is 2.63. The molecule has 0 spiro atoms. The average molecular weight is 213 g/mol. The molecule has 0 saturated heterocycles. The van der Waals surface area contributed by atoms with Crippen LogP contribution in [0.5, 0.6) is 0 Å². The van der Waals surface area contributed by atoms with Gasteiger partial charge in [0.2, 0.25) is 0 Å². The highest BCUT2D eigenvalue weighted by atomic mass is 16.7. The lowest BCUT2D eigenvalue weighted by atomic mass is 10.4. The van der Waals surface area contributed by atoms with Crippen molar-refractivity contribution in [3.05, 3.63) is 18.0 Å². The molecule has 82 valence electrons. The van der Waals surface area contributed by atoms with Gasteiger partial charge in [0, 0.05) is 6.20 Å². The van der Waals surface area contributed by atoms with Gasteiger partial charge < -0.3 is 10.6 Å². The summed E-state index contributed by atoms with van der Waals surface area (Å²) in [5.74, 6) is 3.63. The second-order valence-corrected chi connectivity index (χ2v) is 2.67. The summed E-state index contributed by atoms with van der Waals surface area (Å²) in [6.45, 7) is 0.286. The second-order valence-electron chi connectivity index (χ2n) is 2.67. The van der Waals surface area contributed by atoms with E-state index >= 15 is 0 Å². The molecule has 8 nitrogen and oxygen atoms in total. The van der Waals surface area contributed by atoms with Crippen molar-refractivity contribution in [3.63, 3.8) is 0 Å². The van der Waals surface area contributed by atoms with Crippen LogP contribution in [-0.2, 0) is 16.2 Å². The van der Waals surface area contributed by atoms with Crippen LogP contribution in [0.1, 0.15) is 16.9 Å². The molecule has 0 saturated carbocycles. The van der Waals surface area contributed by atoms with E-state index in [0.717, 1.165) is 0 Å². The van der Waals surface area contributed by atoms with Crippen molar-refractivity contribution >= 4 is 11.9 Å². The van der Waals surface area contributed by atoms with E-state index in [0.29, 0.717) is 0 Å². The van der Waals surface area contributed by atoms with Crippen LogP contribution >= 0.6 is 0 Å². The maximum atomic E-state index is 10.9. The number of rotatable bonds is 5. The first-order valence-electron chi connectivity index (χ1n) is 4.12. The number of hydrogen-bond acceptors (Lipinski definition) is 6. The van der Waals surface area contributed by atoms with Gasteiger partial charge in [0.1, 0.15) is 5.69 Å². The first kappa shape index (κ1) is 11.1. The van der Waals surface area contributed by atoms with Gasteiger partial charge in [-0.1, -0.05) is 5.59 Å². The Morgan fingerprint density at radius 3 is 2.87 bits per heavy atom. The maximum Gasteiger partial charge on any atom is 0.328 e. The standard InChI is InChI=1S/C7H11N5O3/c8-7(14)5-1-3-12(10-5)4-2-6(13)15-11-9/h1,3,11H,2,4,9H2,(H2,8,14). The summed E-state index contributed by atoms with van der Waals surface area (Å²) in [7, 11) is 0. The lowest BCUT2D eigenvalue weighted by molar-refractivity contribution is -0.151. The molecule has 15 heavy (non-hydrogen) atoms. The number of nitrogens with two attached hydrogens (primary N) is 2. The zero-order valence-electron chi connectivity index (χ0n) is 7.84. The molecule has 0 aliphatic heterocycles. The first-order chi connectivity index (χ1) is 7.13. The topological polar surface area (TPSA) is 125 Å². The molecule has 0 radical (unpaired) electrons. The Labute approximate surface area is 85.1 Å². The number of primary amides is 1. The molecule has 1 aromatic heterocycles. The minimum atomic E-state index is -0.611. The summed E-state index contributed by atoms with van der Waals surface area (Å²) >= 11 is 0. The van der Waals surface area contributed by atoms with Gasteiger partial charge in [0.15, 0.2) is 0 Å². The minimum Gasteiger partial charge on any atom is -0.364 e. The largest absolute Gasteiger partial charge is 0.364 e. The fraction of sp³-hybridized carbons (Fsp3) is 0.286. The molecule has 5 N–H and O–H groups in total. The van der Waals surface area contributed by atoms with Crippen LogP contribution in [0.15, 0.2) is 12.3 Å². The summed E-state index contributed by atoms with van der Waals surface area (Å²) in [5, 5.41) is 3.82. The van der Waals surface area contributed by atoms with E-state index in [1.54, 1.807) is 11.8 Å². The van der Waals surface area contributed by atoms with E-state index in [4.69, 9.17) is 11.6 Å². The predicted molar refractivity (Wildman–Crippen MR) is 48.8 cm³/mol. The highest BCUT2D eigenvalue weighted by Crippen LogP contribution is 1.96. The molecular weight excluding hydrogens is 202 g/mol. The molecule has 0 aliphatic carbocycles. The molecule has 1 heterocycles. The number of nitrogens with one attached hydrogen (secondary N) is 1. The summed E-state index contributed by atoms with van der Waals surface area (Å²) in [6, 6.07) is 1.47. The van der Waals surface area contributed by atoms with Gasteiger partial charge in [0.05, 0.1) is 13.0 Å². The van der Waals surface area contributed by atoms with E-state index in [1.807, 2.05) is 0 Å². The summed E-state index contributed by atoms with van der Waals surface area (Å²) in [4.78, 5) is 25.8. The number of nitrogens with zero attached hydrogens (tertiary/aromatic N) is 2. The van der Waals surface area contributed by atoms with Crippen LogP contribution < -0.4 is 17.2 Å². The normalized spacial score (nSPS) is 9.93. The molecule has 1 aromatic rings. The molecule has 0 fully saturated rings. The van der Waals surface area contributed by atoms with E-state index < -0.39 is 11.9 Å². The summed E-state index contributed by atoms with van der Waals surface area (Å²) in [5.41, 5.74) is 6.92. The quantitative estimate of drug-likeness (QED) is 0.395. The van der Waals surface area contributed by atoms with Gasteiger partial charge in [-0.05, 0) is 6.07 Å². The Morgan fingerprint density at radius 2 is 2.33 bits per heavy atom. The predicted octanol–water partition coefficient (Wildman–Crippen LogP) is -1.71. The van der Waals surface area contributed by atoms with E-state index in [1.165, 1.54) is 10.7 Å². The fourth-order valence-electron chi connectivity index (χ4n) is 0.940. The number of carbonyl (C=O) groups excluding carboxylic acids is 2. The minimum absolute atomic E-state index is 0.0874. The molecule has 8 heteroatoms.